The number of rotatable bonds is 6. The summed E-state index contributed by atoms with van der Waals surface area (Å²) < 4.78 is 27.1. The molecule has 0 aliphatic carbocycles. The summed E-state index contributed by atoms with van der Waals surface area (Å²) >= 11 is 1.19. The van der Waals surface area contributed by atoms with Gasteiger partial charge < -0.3 is 5.32 Å². The van der Waals surface area contributed by atoms with E-state index in [0.717, 1.165) is 17.7 Å². The van der Waals surface area contributed by atoms with Gasteiger partial charge in [0.2, 0.25) is 0 Å². The van der Waals surface area contributed by atoms with Gasteiger partial charge in [0.25, 0.3) is 15.9 Å². The summed E-state index contributed by atoms with van der Waals surface area (Å²) in [5.41, 5.74) is 2.08. The third-order valence-electron chi connectivity index (χ3n) is 3.81. The SMILES string of the molecule is CCc1ccc(C)nc1NC(=O)c1ccc(S(=O)(=O)Nc2nccs2)cc1. The molecule has 140 valence electrons. The zero-order chi connectivity index (χ0) is 19.4. The Labute approximate surface area is 161 Å². The van der Waals surface area contributed by atoms with Crippen LogP contribution in [0, 0.1) is 6.92 Å². The first-order valence-corrected chi connectivity index (χ1v) is 10.6. The van der Waals surface area contributed by atoms with Crippen molar-refractivity contribution >= 4 is 38.2 Å². The molecule has 0 saturated heterocycles. The second kappa shape index (κ2) is 7.85. The predicted molar refractivity (Wildman–Crippen MR) is 106 cm³/mol. The quantitative estimate of drug-likeness (QED) is 0.657. The van der Waals surface area contributed by atoms with Gasteiger partial charge in [-0.05, 0) is 49.2 Å². The van der Waals surface area contributed by atoms with Crippen LogP contribution in [0.15, 0.2) is 52.9 Å². The minimum atomic E-state index is -3.75. The fraction of sp³-hybridized carbons (Fsp3) is 0.167. The Morgan fingerprint density at radius 1 is 1.15 bits per heavy atom. The average molecular weight is 403 g/mol. The van der Waals surface area contributed by atoms with E-state index in [-0.39, 0.29) is 15.9 Å². The van der Waals surface area contributed by atoms with Gasteiger partial charge in [0.15, 0.2) is 5.13 Å². The maximum Gasteiger partial charge on any atom is 0.263 e. The number of hydrogen-bond donors (Lipinski definition) is 2. The second-order valence-corrected chi connectivity index (χ2v) is 8.31. The number of carbonyl (C=O) groups excluding carboxylic acids is 1. The molecular weight excluding hydrogens is 384 g/mol. The summed E-state index contributed by atoms with van der Waals surface area (Å²) in [5, 5.41) is 4.75. The Balaban J connectivity index is 1.77. The lowest BCUT2D eigenvalue weighted by molar-refractivity contribution is 0.102. The monoisotopic (exact) mass is 402 g/mol. The van der Waals surface area contributed by atoms with E-state index in [2.05, 4.69) is 20.0 Å². The molecule has 0 spiro atoms. The van der Waals surface area contributed by atoms with Crippen molar-refractivity contribution in [1.29, 1.82) is 0 Å². The minimum absolute atomic E-state index is 0.0529. The van der Waals surface area contributed by atoms with E-state index >= 15 is 0 Å². The van der Waals surface area contributed by atoms with Crippen LogP contribution in [0.4, 0.5) is 10.9 Å². The number of hydrogen-bond acceptors (Lipinski definition) is 6. The molecule has 3 rings (SSSR count). The fourth-order valence-electron chi connectivity index (χ4n) is 2.39. The number of amides is 1. The molecule has 3 aromatic rings. The first-order chi connectivity index (χ1) is 12.9. The number of nitrogens with zero attached hydrogens (tertiary/aromatic N) is 2. The lowest BCUT2D eigenvalue weighted by Gasteiger charge is -2.10. The highest BCUT2D eigenvalue weighted by molar-refractivity contribution is 7.93. The molecule has 0 saturated carbocycles. The molecule has 7 nitrogen and oxygen atoms in total. The van der Waals surface area contributed by atoms with Crippen LogP contribution in [0.3, 0.4) is 0 Å². The number of benzene rings is 1. The average Bonchev–Trinajstić information content (AvgIpc) is 3.14. The van der Waals surface area contributed by atoms with E-state index in [1.807, 2.05) is 26.0 Å². The first-order valence-electron chi connectivity index (χ1n) is 8.19. The summed E-state index contributed by atoms with van der Waals surface area (Å²) in [6.45, 7) is 3.83. The zero-order valence-electron chi connectivity index (χ0n) is 14.8. The molecule has 2 heterocycles. The highest BCUT2D eigenvalue weighted by Gasteiger charge is 2.17. The Morgan fingerprint density at radius 2 is 1.89 bits per heavy atom. The second-order valence-electron chi connectivity index (χ2n) is 5.74. The maximum atomic E-state index is 12.5. The largest absolute Gasteiger partial charge is 0.306 e. The van der Waals surface area contributed by atoms with Gasteiger partial charge in [-0.15, -0.1) is 11.3 Å². The van der Waals surface area contributed by atoms with Crippen LogP contribution in [0.2, 0.25) is 0 Å². The summed E-state index contributed by atoms with van der Waals surface area (Å²) in [5.74, 6) is 0.171. The van der Waals surface area contributed by atoms with E-state index in [0.29, 0.717) is 11.4 Å². The van der Waals surface area contributed by atoms with Gasteiger partial charge in [-0.3, -0.25) is 9.52 Å². The van der Waals surface area contributed by atoms with Crippen LogP contribution in [0.5, 0.6) is 0 Å². The molecule has 0 aliphatic heterocycles. The van der Waals surface area contributed by atoms with Gasteiger partial charge in [-0.1, -0.05) is 13.0 Å². The number of sulfonamides is 1. The van der Waals surface area contributed by atoms with Crippen molar-refractivity contribution in [3.8, 4) is 0 Å². The summed E-state index contributed by atoms with van der Waals surface area (Å²) in [7, 11) is -3.75. The standard InChI is InChI=1S/C18H18N4O3S2/c1-3-13-5-4-12(2)20-16(13)21-17(23)14-6-8-15(9-7-14)27(24,25)22-18-19-10-11-26-18/h4-11H,3H2,1-2H3,(H,19,22)(H,20,21,23). The molecule has 2 aromatic heterocycles. The third kappa shape index (κ3) is 4.50. The highest BCUT2D eigenvalue weighted by atomic mass is 32.2. The number of carbonyl (C=O) groups is 1. The molecule has 2 N–H and O–H groups in total. The Bertz CT molecular complexity index is 1050. The molecule has 0 bridgehead atoms. The Morgan fingerprint density at radius 3 is 2.52 bits per heavy atom. The minimum Gasteiger partial charge on any atom is -0.306 e. The topological polar surface area (TPSA) is 101 Å². The summed E-state index contributed by atoms with van der Waals surface area (Å²) in [6.07, 6.45) is 2.25. The van der Waals surface area contributed by atoms with Crippen LogP contribution in [0.1, 0.15) is 28.5 Å². The van der Waals surface area contributed by atoms with Crippen molar-refractivity contribution in [3.63, 3.8) is 0 Å². The number of thiazole rings is 1. The van der Waals surface area contributed by atoms with Crippen molar-refractivity contribution in [3.05, 3.63) is 64.8 Å². The normalized spacial score (nSPS) is 11.2. The molecule has 1 aromatic carbocycles. The Hall–Kier alpha value is -2.78. The third-order valence-corrected chi connectivity index (χ3v) is 5.98. The predicted octanol–water partition coefficient (Wildman–Crippen LogP) is 3.46. The van der Waals surface area contributed by atoms with Gasteiger partial charge in [-0.2, -0.15) is 0 Å². The van der Waals surface area contributed by atoms with E-state index in [1.54, 1.807) is 5.38 Å². The van der Waals surface area contributed by atoms with Gasteiger partial charge in [0.05, 0.1) is 4.90 Å². The van der Waals surface area contributed by atoms with Crippen LogP contribution in [0.25, 0.3) is 0 Å². The molecule has 0 fully saturated rings. The molecule has 0 radical (unpaired) electrons. The van der Waals surface area contributed by atoms with E-state index < -0.39 is 10.0 Å². The molecular formula is C18H18N4O3S2. The molecule has 0 unspecified atom stereocenters. The van der Waals surface area contributed by atoms with E-state index in [9.17, 15) is 13.2 Å². The van der Waals surface area contributed by atoms with Crippen molar-refractivity contribution in [2.24, 2.45) is 0 Å². The molecule has 27 heavy (non-hydrogen) atoms. The van der Waals surface area contributed by atoms with Crippen LogP contribution < -0.4 is 10.0 Å². The smallest absolute Gasteiger partial charge is 0.263 e. The lowest BCUT2D eigenvalue weighted by Crippen LogP contribution is -2.16. The maximum absolute atomic E-state index is 12.5. The Kier molecular flexibility index (Phi) is 5.52. The first kappa shape index (κ1) is 19.0. The van der Waals surface area contributed by atoms with Crippen molar-refractivity contribution in [2.45, 2.75) is 25.2 Å². The van der Waals surface area contributed by atoms with Crippen LogP contribution in [-0.4, -0.2) is 24.3 Å². The van der Waals surface area contributed by atoms with Crippen molar-refractivity contribution in [2.75, 3.05) is 10.0 Å². The lowest BCUT2D eigenvalue weighted by atomic mass is 10.1. The number of nitrogens with one attached hydrogen (secondary N) is 2. The zero-order valence-corrected chi connectivity index (χ0v) is 16.4. The van der Waals surface area contributed by atoms with Gasteiger partial charge in [-0.25, -0.2) is 18.4 Å². The van der Waals surface area contributed by atoms with Crippen molar-refractivity contribution < 1.29 is 13.2 Å². The highest BCUT2D eigenvalue weighted by Crippen LogP contribution is 2.19. The molecule has 9 heteroatoms. The van der Waals surface area contributed by atoms with Crippen LogP contribution in [-0.2, 0) is 16.4 Å². The molecule has 0 aliphatic rings. The number of anilines is 2. The number of aryl methyl sites for hydroxylation is 2. The van der Waals surface area contributed by atoms with Gasteiger partial charge in [0.1, 0.15) is 5.82 Å². The van der Waals surface area contributed by atoms with Gasteiger partial charge >= 0.3 is 0 Å². The van der Waals surface area contributed by atoms with Crippen molar-refractivity contribution in [1.82, 2.24) is 9.97 Å². The van der Waals surface area contributed by atoms with E-state index in [4.69, 9.17) is 0 Å². The number of pyridine rings is 1. The summed E-state index contributed by atoms with van der Waals surface area (Å²) in [6, 6.07) is 9.52. The number of aromatic nitrogens is 2. The molecule has 1 amide bonds. The molecule has 0 atom stereocenters. The van der Waals surface area contributed by atoms with Gasteiger partial charge in [0, 0.05) is 22.8 Å². The van der Waals surface area contributed by atoms with Crippen LogP contribution >= 0.6 is 11.3 Å². The fourth-order valence-corrected chi connectivity index (χ4v) is 4.18. The summed E-state index contributed by atoms with van der Waals surface area (Å²) in [4.78, 5) is 20.8. The van der Waals surface area contributed by atoms with E-state index in [1.165, 1.54) is 41.8 Å².